The summed E-state index contributed by atoms with van der Waals surface area (Å²) in [5.41, 5.74) is 1.87. The number of rotatable bonds is 4. The highest BCUT2D eigenvalue weighted by atomic mass is 32.1. The lowest BCUT2D eigenvalue weighted by Crippen LogP contribution is -2.11. The Morgan fingerprint density at radius 1 is 1.12 bits per heavy atom. The van der Waals surface area contributed by atoms with E-state index < -0.39 is 0 Å². The molecule has 26 heavy (non-hydrogen) atoms. The van der Waals surface area contributed by atoms with Gasteiger partial charge in [-0.2, -0.15) is 0 Å². The lowest BCUT2D eigenvalue weighted by Gasteiger charge is -2.00. The van der Waals surface area contributed by atoms with Gasteiger partial charge in [0.25, 0.3) is 5.91 Å². The van der Waals surface area contributed by atoms with Gasteiger partial charge in [0, 0.05) is 27.6 Å². The highest BCUT2D eigenvalue weighted by Crippen LogP contribution is 2.33. The molecule has 1 amide bonds. The molecule has 3 nitrogen and oxygen atoms in total. The predicted octanol–water partition coefficient (Wildman–Crippen LogP) is 5.65. The summed E-state index contributed by atoms with van der Waals surface area (Å²) in [6.45, 7) is 1.78. The number of halogens is 1. The van der Waals surface area contributed by atoms with Crippen molar-refractivity contribution >= 4 is 43.8 Å². The lowest BCUT2D eigenvalue weighted by molar-refractivity contribution is 0.103. The van der Waals surface area contributed by atoms with E-state index in [1.54, 1.807) is 19.2 Å². The Balaban J connectivity index is 1.54. The monoisotopic (exact) mass is 382 g/mol. The SMILES string of the molecule is Cc1c(C(=O)Nc2ncc(Cc3ccccc3)s2)sc2cccc(F)c12. The molecular formula is C20H15FN2OS2. The Morgan fingerprint density at radius 2 is 1.92 bits per heavy atom. The van der Waals surface area contributed by atoms with Crippen molar-refractivity contribution in [3.63, 3.8) is 0 Å². The number of carbonyl (C=O) groups is 1. The molecule has 0 aliphatic heterocycles. The zero-order valence-corrected chi connectivity index (χ0v) is 15.6. The summed E-state index contributed by atoms with van der Waals surface area (Å²) in [5.74, 6) is -0.543. The Bertz CT molecular complexity index is 1090. The van der Waals surface area contributed by atoms with Crippen LogP contribution in [0.15, 0.2) is 54.7 Å². The van der Waals surface area contributed by atoms with Gasteiger partial charge < -0.3 is 0 Å². The molecule has 0 atom stereocenters. The maximum atomic E-state index is 14.0. The zero-order chi connectivity index (χ0) is 18.1. The molecule has 6 heteroatoms. The van der Waals surface area contributed by atoms with Crippen LogP contribution in [0.3, 0.4) is 0 Å². The second kappa shape index (κ2) is 6.97. The van der Waals surface area contributed by atoms with Crippen molar-refractivity contribution in [1.29, 1.82) is 0 Å². The average Bonchev–Trinajstić information content (AvgIpc) is 3.21. The molecule has 0 unspecified atom stereocenters. The molecule has 2 aromatic carbocycles. The van der Waals surface area contributed by atoms with Crippen LogP contribution < -0.4 is 5.32 Å². The second-order valence-corrected chi connectivity index (χ2v) is 8.08. The van der Waals surface area contributed by atoms with Gasteiger partial charge in [0.15, 0.2) is 5.13 Å². The molecule has 0 radical (unpaired) electrons. The first-order valence-corrected chi connectivity index (χ1v) is 9.72. The van der Waals surface area contributed by atoms with E-state index in [2.05, 4.69) is 22.4 Å². The number of fused-ring (bicyclic) bond motifs is 1. The topological polar surface area (TPSA) is 42.0 Å². The first-order chi connectivity index (χ1) is 12.6. The molecule has 1 N–H and O–H groups in total. The zero-order valence-electron chi connectivity index (χ0n) is 14.0. The van der Waals surface area contributed by atoms with Crippen molar-refractivity contribution in [1.82, 2.24) is 4.98 Å². The van der Waals surface area contributed by atoms with Crippen LogP contribution in [0.1, 0.15) is 25.7 Å². The summed E-state index contributed by atoms with van der Waals surface area (Å²) in [4.78, 5) is 18.5. The van der Waals surface area contributed by atoms with E-state index in [1.807, 2.05) is 24.3 Å². The fraction of sp³-hybridized carbons (Fsp3) is 0.100. The number of hydrogen-bond acceptors (Lipinski definition) is 4. The molecule has 0 saturated heterocycles. The molecule has 0 saturated carbocycles. The minimum Gasteiger partial charge on any atom is -0.297 e. The molecule has 0 aliphatic carbocycles. The maximum Gasteiger partial charge on any atom is 0.267 e. The van der Waals surface area contributed by atoms with Crippen LogP contribution in [0.5, 0.6) is 0 Å². The second-order valence-electron chi connectivity index (χ2n) is 5.92. The summed E-state index contributed by atoms with van der Waals surface area (Å²) >= 11 is 2.75. The van der Waals surface area contributed by atoms with Crippen LogP contribution in [-0.2, 0) is 6.42 Å². The van der Waals surface area contributed by atoms with Gasteiger partial charge in [0.1, 0.15) is 5.82 Å². The van der Waals surface area contributed by atoms with Crippen molar-refractivity contribution < 1.29 is 9.18 Å². The number of nitrogens with one attached hydrogen (secondary N) is 1. The van der Waals surface area contributed by atoms with Crippen LogP contribution in [0.2, 0.25) is 0 Å². The summed E-state index contributed by atoms with van der Waals surface area (Å²) in [6.07, 6.45) is 2.56. The first kappa shape index (κ1) is 16.9. The minimum absolute atomic E-state index is 0.247. The highest BCUT2D eigenvalue weighted by Gasteiger charge is 2.18. The largest absolute Gasteiger partial charge is 0.297 e. The van der Waals surface area contributed by atoms with Crippen LogP contribution in [-0.4, -0.2) is 10.9 Å². The highest BCUT2D eigenvalue weighted by molar-refractivity contribution is 7.21. The van der Waals surface area contributed by atoms with Gasteiger partial charge in [-0.3, -0.25) is 10.1 Å². The third-order valence-electron chi connectivity index (χ3n) is 4.10. The average molecular weight is 382 g/mol. The van der Waals surface area contributed by atoms with E-state index in [1.165, 1.54) is 34.3 Å². The van der Waals surface area contributed by atoms with Gasteiger partial charge in [-0.25, -0.2) is 9.37 Å². The smallest absolute Gasteiger partial charge is 0.267 e. The van der Waals surface area contributed by atoms with Gasteiger partial charge in [-0.15, -0.1) is 22.7 Å². The molecule has 4 aromatic rings. The number of anilines is 1. The van der Waals surface area contributed by atoms with Gasteiger partial charge in [0.05, 0.1) is 4.88 Å². The summed E-state index contributed by atoms with van der Waals surface area (Å²) < 4.78 is 14.8. The molecular weight excluding hydrogens is 367 g/mol. The number of aromatic nitrogens is 1. The van der Waals surface area contributed by atoms with Crippen LogP contribution in [0, 0.1) is 12.7 Å². The van der Waals surface area contributed by atoms with Crippen molar-refractivity contribution in [2.75, 3.05) is 5.32 Å². The third kappa shape index (κ3) is 3.25. The molecule has 2 heterocycles. The molecule has 2 aromatic heterocycles. The summed E-state index contributed by atoms with van der Waals surface area (Å²) in [5, 5.41) is 3.92. The first-order valence-electron chi connectivity index (χ1n) is 8.09. The standard InChI is InChI=1S/C20H15FN2OS2/c1-12-17-15(21)8-5-9-16(17)26-18(12)19(24)23-20-22-11-14(25-20)10-13-6-3-2-4-7-13/h2-9,11H,10H2,1H3,(H,22,23,24). The maximum absolute atomic E-state index is 14.0. The number of benzene rings is 2. The Morgan fingerprint density at radius 3 is 2.69 bits per heavy atom. The van der Waals surface area contributed by atoms with E-state index in [0.29, 0.717) is 21.0 Å². The van der Waals surface area contributed by atoms with Crippen LogP contribution >= 0.6 is 22.7 Å². The molecule has 0 spiro atoms. The Kier molecular flexibility index (Phi) is 4.53. The van der Waals surface area contributed by atoms with Crippen LogP contribution in [0.4, 0.5) is 9.52 Å². The number of thiazole rings is 1. The molecule has 130 valence electrons. The number of nitrogens with zero attached hydrogens (tertiary/aromatic N) is 1. The number of aryl methyl sites for hydroxylation is 1. The van der Waals surface area contributed by atoms with Crippen molar-refractivity contribution in [2.24, 2.45) is 0 Å². The number of hydrogen-bond donors (Lipinski definition) is 1. The number of thiophene rings is 1. The molecule has 0 bridgehead atoms. The van der Waals surface area contributed by atoms with E-state index in [4.69, 9.17) is 0 Å². The fourth-order valence-corrected chi connectivity index (χ4v) is 4.83. The van der Waals surface area contributed by atoms with E-state index >= 15 is 0 Å². The quantitative estimate of drug-likeness (QED) is 0.496. The Hall–Kier alpha value is -2.57. The molecule has 0 aliphatic rings. The molecule has 0 fully saturated rings. The molecule has 4 rings (SSSR count). The lowest BCUT2D eigenvalue weighted by atomic mass is 10.1. The fourth-order valence-electron chi connectivity index (χ4n) is 2.87. The van der Waals surface area contributed by atoms with Crippen molar-refractivity contribution in [3.05, 3.63) is 81.4 Å². The number of carbonyl (C=O) groups excluding carboxylic acids is 1. The van der Waals surface area contributed by atoms with Gasteiger partial charge in [0.2, 0.25) is 0 Å². The van der Waals surface area contributed by atoms with Crippen molar-refractivity contribution in [2.45, 2.75) is 13.3 Å². The summed E-state index contributed by atoms with van der Waals surface area (Å²) in [6, 6.07) is 15.0. The predicted molar refractivity (Wildman–Crippen MR) is 106 cm³/mol. The third-order valence-corrected chi connectivity index (χ3v) is 6.27. The van der Waals surface area contributed by atoms with Gasteiger partial charge in [-0.1, -0.05) is 36.4 Å². The Labute approximate surface area is 158 Å². The summed E-state index contributed by atoms with van der Waals surface area (Å²) in [7, 11) is 0. The number of amides is 1. The van der Waals surface area contributed by atoms with E-state index in [9.17, 15) is 9.18 Å². The van der Waals surface area contributed by atoms with Gasteiger partial charge in [-0.05, 0) is 30.2 Å². The van der Waals surface area contributed by atoms with Crippen LogP contribution in [0.25, 0.3) is 10.1 Å². The van der Waals surface area contributed by atoms with Gasteiger partial charge >= 0.3 is 0 Å². The van der Waals surface area contributed by atoms with Crippen molar-refractivity contribution in [3.8, 4) is 0 Å². The minimum atomic E-state index is -0.297. The van der Waals surface area contributed by atoms with E-state index in [-0.39, 0.29) is 11.7 Å². The normalized spacial score (nSPS) is 11.0. The van der Waals surface area contributed by atoms with E-state index in [0.717, 1.165) is 16.0 Å².